The highest BCUT2D eigenvalue weighted by atomic mass is 19.1. The van der Waals surface area contributed by atoms with Gasteiger partial charge < -0.3 is 0 Å². The summed E-state index contributed by atoms with van der Waals surface area (Å²) in [7, 11) is 0. The molecule has 2 fully saturated rings. The van der Waals surface area contributed by atoms with Crippen molar-refractivity contribution in [1.82, 2.24) is 30.0 Å². The van der Waals surface area contributed by atoms with Gasteiger partial charge in [0.1, 0.15) is 17.7 Å². The molecule has 0 unspecified atom stereocenters. The van der Waals surface area contributed by atoms with Gasteiger partial charge in [-0.1, -0.05) is 43.2 Å². The number of nitrogens with zero attached hydrogens (tertiary/aromatic N) is 6. The quantitative estimate of drug-likeness (QED) is 0.588. The third-order valence-electron chi connectivity index (χ3n) is 6.80. The molecule has 1 saturated carbocycles. The molecule has 32 heavy (non-hydrogen) atoms. The van der Waals surface area contributed by atoms with Crippen LogP contribution in [0, 0.1) is 11.6 Å². The summed E-state index contributed by atoms with van der Waals surface area (Å²) in [5.41, 5.74) is 1.47. The van der Waals surface area contributed by atoms with E-state index >= 15 is 0 Å². The molecule has 2 aromatic carbocycles. The first-order valence-electron chi connectivity index (χ1n) is 11.4. The van der Waals surface area contributed by atoms with E-state index in [2.05, 4.69) is 25.3 Å². The van der Waals surface area contributed by atoms with Crippen molar-refractivity contribution in [2.45, 2.75) is 44.3 Å². The zero-order valence-corrected chi connectivity index (χ0v) is 18.1. The molecule has 1 aromatic heterocycles. The van der Waals surface area contributed by atoms with Gasteiger partial charge in [-0.05, 0) is 47.0 Å². The lowest BCUT2D eigenvalue weighted by molar-refractivity contribution is 0.0762. The third-order valence-corrected chi connectivity index (χ3v) is 6.80. The fraction of sp³-hybridized carbons (Fsp3) is 0.458. The molecular formula is C24H28F2N6. The SMILES string of the molecule is Fc1ccc(Cn2nnnc2[C@@H](c2ccccc2F)N2CCN(C3CCCC3)CC2)cc1. The number of piperazine rings is 1. The van der Waals surface area contributed by atoms with E-state index in [1.54, 1.807) is 22.9 Å². The number of aromatic nitrogens is 4. The molecule has 0 radical (unpaired) electrons. The minimum absolute atomic E-state index is 0.257. The first-order valence-corrected chi connectivity index (χ1v) is 11.4. The molecule has 1 saturated heterocycles. The lowest BCUT2D eigenvalue weighted by Crippen LogP contribution is -2.51. The van der Waals surface area contributed by atoms with Crippen molar-refractivity contribution >= 4 is 0 Å². The Morgan fingerprint density at radius 3 is 2.34 bits per heavy atom. The Labute approximate surface area is 186 Å². The Morgan fingerprint density at radius 1 is 0.906 bits per heavy atom. The largest absolute Gasteiger partial charge is 0.298 e. The molecule has 2 heterocycles. The van der Waals surface area contributed by atoms with Crippen LogP contribution in [0.4, 0.5) is 8.78 Å². The van der Waals surface area contributed by atoms with Gasteiger partial charge in [0.15, 0.2) is 5.82 Å². The molecule has 3 aromatic rings. The van der Waals surface area contributed by atoms with Crippen molar-refractivity contribution < 1.29 is 8.78 Å². The molecule has 8 heteroatoms. The Hall–Kier alpha value is -2.71. The van der Waals surface area contributed by atoms with E-state index in [1.165, 1.54) is 43.9 Å². The first kappa shape index (κ1) is 21.2. The van der Waals surface area contributed by atoms with Gasteiger partial charge in [0.05, 0.1) is 6.54 Å². The molecule has 2 aliphatic rings. The maximum absolute atomic E-state index is 15.0. The fourth-order valence-corrected chi connectivity index (χ4v) is 5.11. The zero-order chi connectivity index (χ0) is 21.9. The predicted octanol–water partition coefficient (Wildman–Crippen LogP) is 3.65. The molecule has 0 amide bonds. The predicted molar refractivity (Wildman–Crippen MR) is 117 cm³/mol. The van der Waals surface area contributed by atoms with Crippen LogP contribution in [0.3, 0.4) is 0 Å². The summed E-state index contributed by atoms with van der Waals surface area (Å²) < 4.78 is 30.0. The number of benzene rings is 2. The van der Waals surface area contributed by atoms with Crippen molar-refractivity contribution in [1.29, 1.82) is 0 Å². The van der Waals surface area contributed by atoms with Gasteiger partial charge in [0.2, 0.25) is 0 Å². The molecule has 1 atom stereocenters. The van der Waals surface area contributed by atoms with Crippen molar-refractivity contribution in [2.75, 3.05) is 26.2 Å². The highest BCUT2D eigenvalue weighted by Gasteiger charge is 2.34. The average Bonchev–Trinajstić information content (AvgIpc) is 3.50. The van der Waals surface area contributed by atoms with E-state index < -0.39 is 0 Å². The van der Waals surface area contributed by atoms with Gasteiger partial charge in [-0.25, -0.2) is 13.5 Å². The van der Waals surface area contributed by atoms with Gasteiger partial charge in [0, 0.05) is 37.8 Å². The number of rotatable bonds is 6. The maximum Gasteiger partial charge on any atom is 0.173 e. The summed E-state index contributed by atoms with van der Waals surface area (Å²) >= 11 is 0. The van der Waals surface area contributed by atoms with Gasteiger partial charge >= 0.3 is 0 Å². The lowest BCUT2D eigenvalue weighted by Gasteiger charge is -2.41. The molecule has 1 aliphatic carbocycles. The van der Waals surface area contributed by atoms with Crippen LogP contribution in [0.15, 0.2) is 48.5 Å². The second-order valence-corrected chi connectivity index (χ2v) is 8.76. The minimum Gasteiger partial charge on any atom is -0.298 e. The van der Waals surface area contributed by atoms with E-state index in [4.69, 9.17) is 0 Å². The average molecular weight is 439 g/mol. The standard InChI is InChI=1S/C24H28F2N6/c25-19-11-9-18(10-12-19)17-32-24(27-28-29-32)23(21-7-3-4-8-22(21)26)31-15-13-30(14-16-31)20-5-1-2-6-20/h3-4,7-12,20,23H,1-2,5-6,13-17H2/t23-/m1/s1. The summed E-state index contributed by atoms with van der Waals surface area (Å²) in [5, 5.41) is 12.4. The van der Waals surface area contributed by atoms with Crippen LogP contribution < -0.4 is 0 Å². The van der Waals surface area contributed by atoms with Crippen LogP contribution in [0.2, 0.25) is 0 Å². The smallest absolute Gasteiger partial charge is 0.173 e. The Bertz CT molecular complexity index is 1020. The fourth-order valence-electron chi connectivity index (χ4n) is 5.11. The zero-order valence-electron chi connectivity index (χ0n) is 18.1. The normalized spacial score (nSPS) is 19.4. The second kappa shape index (κ2) is 9.42. The molecule has 1 aliphatic heterocycles. The number of tetrazole rings is 1. The van der Waals surface area contributed by atoms with E-state index in [9.17, 15) is 8.78 Å². The second-order valence-electron chi connectivity index (χ2n) is 8.76. The van der Waals surface area contributed by atoms with Crippen molar-refractivity contribution in [3.05, 3.63) is 77.1 Å². The van der Waals surface area contributed by atoms with E-state index in [0.717, 1.165) is 31.7 Å². The van der Waals surface area contributed by atoms with E-state index in [1.807, 2.05) is 12.1 Å². The molecule has 168 valence electrons. The maximum atomic E-state index is 15.0. The van der Waals surface area contributed by atoms with Crippen molar-refractivity contribution in [2.24, 2.45) is 0 Å². The molecule has 6 nitrogen and oxygen atoms in total. The van der Waals surface area contributed by atoms with E-state index in [-0.39, 0.29) is 17.7 Å². The van der Waals surface area contributed by atoms with Crippen LogP contribution in [-0.2, 0) is 6.54 Å². The summed E-state index contributed by atoms with van der Waals surface area (Å²) in [6, 6.07) is 13.5. The summed E-state index contributed by atoms with van der Waals surface area (Å²) in [4.78, 5) is 4.88. The summed E-state index contributed by atoms with van der Waals surface area (Å²) in [5.74, 6) is 0.0656. The van der Waals surface area contributed by atoms with Gasteiger partial charge in [-0.15, -0.1) is 5.10 Å². The number of hydrogen-bond acceptors (Lipinski definition) is 5. The highest BCUT2D eigenvalue weighted by molar-refractivity contribution is 5.27. The first-order chi connectivity index (χ1) is 15.7. The third kappa shape index (κ3) is 4.42. The Kier molecular flexibility index (Phi) is 6.23. The number of hydrogen-bond donors (Lipinski definition) is 0. The molecule has 0 bridgehead atoms. The van der Waals surface area contributed by atoms with Gasteiger partial charge in [-0.3, -0.25) is 9.80 Å². The molecular weight excluding hydrogens is 410 g/mol. The summed E-state index contributed by atoms with van der Waals surface area (Å²) in [6.07, 6.45) is 5.21. The molecule has 5 rings (SSSR count). The monoisotopic (exact) mass is 438 g/mol. The van der Waals surface area contributed by atoms with Gasteiger partial charge in [0.25, 0.3) is 0 Å². The summed E-state index contributed by atoms with van der Waals surface area (Å²) in [6.45, 7) is 4.00. The molecule has 0 N–H and O–H groups in total. The van der Waals surface area contributed by atoms with Crippen LogP contribution >= 0.6 is 0 Å². The number of halogens is 2. The van der Waals surface area contributed by atoms with Crippen LogP contribution in [0.25, 0.3) is 0 Å². The topological polar surface area (TPSA) is 50.1 Å². The van der Waals surface area contributed by atoms with E-state index in [0.29, 0.717) is 24.0 Å². The van der Waals surface area contributed by atoms with Crippen LogP contribution in [-0.4, -0.2) is 62.2 Å². The lowest BCUT2D eigenvalue weighted by atomic mass is 10.0. The van der Waals surface area contributed by atoms with Crippen LogP contribution in [0.5, 0.6) is 0 Å². The Balaban J connectivity index is 1.42. The van der Waals surface area contributed by atoms with Gasteiger partial charge in [-0.2, -0.15) is 0 Å². The van der Waals surface area contributed by atoms with Crippen molar-refractivity contribution in [3.8, 4) is 0 Å². The Morgan fingerprint density at radius 2 is 1.62 bits per heavy atom. The molecule has 0 spiro atoms. The highest BCUT2D eigenvalue weighted by Crippen LogP contribution is 2.32. The minimum atomic E-state index is -0.377. The van der Waals surface area contributed by atoms with Crippen LogP contribution in [0.1, 0.15) is 48.7 Å². The van der Waals surface area contributed by atoms with Crippen molar-refractivity contribution in [3.63, 3.8) is 0 Å².